The molecular weight excluding hydrogens is 250 g/mol. The Morgan fingerprint density at radius 2 is 2.17 bits per heavy atom. The molecule has 8 heteroatoms. The van der Waals surface area contributed by atoms with Crippen molar-refractivity contribution in [1.29, 1.82) is 0 Å². The fourth-order valence-corrected chi connectivity index (χ4v) is 1.83. The first-order valence-corrected chi connectivity index (χ1v) is 5.21. The zero-order chi connectivity index (χ0) is 13.4. The standard InChI is InChI=1S/C10H10F2N2O4/c1-4-6(3-15)18-9(7(4)12)14-2-5(11)8(16)13-10(14)17/h2-4,6-7,9H,1H3,(H,13,16,17)/t4-,6-,7+,9-/m1/s1. The van der Waals surface area contributed by atoms with Crippen molar-refractivity contribution in [2.75, 3.05) is 0 Å². The first-order valence-electron chi connectivity index (χ1n) is 5.21. The molecule has 0 unspecified atom stereocenters. The molecule has 0 spiro atoms. The molecule has 0 saturated carbocycles. The summed E-state index contributed by atoms with van der Waals surface area (Å²) in [5, 5.41) is 0. The highest BCUT2D eigenvalue weighted by molar-refractivity contribution is 5.57. The van der Waals surface area contributed by atoms with Crippen LogP contribution in [0.15, 0.2) is 15.8 Å². The molecule has 0 aliphatic carbocycles. The lowest BCUT2D eigenvalue weighted by Gasteiger charge is -2.15. The van der Waals surface area contributed by atoms with Gasteiger partial charge in [0.15, 0.2) is 12.4 Å². The van der Waals surface area contributed by atoms with Crippen LogP contribution in [0, 0.1) is 11.7 Å². The van der Waals surface area contributed by atoms with Gasteiger partial charge in [0.1, 0.15) is 12.4 Å². The van der Waals surface area contributed by atoms with Crippen molar-refractivity contribution in [3.8, 4) is 0 Å². The van der Waals surface area contributed by atoms with Gasteiger partial charge in [-0.1, -0.05) is 6.92 Å². The molecule has 1 fully saturated rings. The lowest BCUT2D eigenvalue weighted by molar-refractivity contribution is -0.121. The van der Waals surface area contributed by atoms with Gasteiger partial charge in [-0.25, -0.2) is 9.18 Å². The summed E-state index contributed by atoms with van der Waals surface area (Å²) in [5.41, 5.74) is -2.18. The third kappa shape index (κ3) is 1.88. The number of aldehydes is 1. The van der Waals surface area contributed by atoms with Crippen LogP contribution in [-0.4, -0.2) is 28.1 Å². The maximum absolute atomic E-state index is 13.9. The third-order valence-electron chi connectivity index (χ3n) is 2.92. The molecule has 4 atom stereocenters. The molecule has 1 aromatic heterocycles. The van der Waals surface area contributed by atoms with E-state index in [2.05, 4.69) is 0 Å². The number of halogens is 2. The van der Waals surface area contributed by atoms with Crippen molar-refractivity contribution in [2.45, 2.75) is 25.4 Å². The normalized spacial score (nSPS) is 31.5. The van der Waals surface area contributed by atoms with Crippen LogP contribution in [0.4, 0.5) is 8.78 Å². The third-order valence-corrected chi connectivity index (χ3v) is 2.92. The Morgan fingerprint density at radius 3 is 2.72 bits per heavy atom. The van der Waals surface area contributed by atoms with Crippen LogP contribution in [0.1, 0.15) is 13.2 Å². The average Bonchev–Trinajstić information content (AvgIpc) is 2.61. The van der Waals surface area contributed by atoms with Crippen molar-refractivity contribution in [3.63, 3.8) is 0 Å². The minimum absolute atomic E-state index is 0.421. The Balaban J connectivity index is 2.45. The second kappa shape index (κ2) is 4.45. The molecule has 1 aliphatic heterocycles. The Hall–Kier alpha value is -1.83. The minimum Gasteiger partial charge on any atom is -0.344 e. The smallest absolute Gasteiger partial charge is 0.330 e. The Labute approximate surface area is 99.2 Å². The van der Waals surface area contributed by atoms with Gasteiger partial charge in [-0.05, 0) is 0 Å². The summed E-state index contributed by atoms with van der Waals surface area (Å²) in [6.45, 7) is 1.44. The number of rotatable bonds is 2. The Morgan fingerprint density at radius 1 is 1.50 bits per heavy atom. The van der Waals surface area contributed by atoms with Crippen LogP contribution in [0.2, 0.25) is 0 Å². The van der Waals surface area contributed by atoms with Gasteiger partial charge in [0.2, 0.25) is 5.82 Å². The first kappa shape index (κ1) is 12.6. The number of alkyl halides is 1. The molecule has 18 heavy (non-hydrogen) atoms. The topological polar surface area (TPSA) is 81.2 Å². The molecule has 1 N–H and O–H groups in total. The van der Waals surface area contributed by atoms with Gasteiger partial charge in [-0.15, -0.1) is 0 Å². The van der Waals surface area contributed by atoms with Gasteiger partial charge < -0.3 is 9.53 Å². The van der Waals surface area contributed by atoms with Crippen LogP contribution >= 0.6 is 0 Å². The van der Waals surface area contributed by atoms with E-state index >= 15 is 0 Å². The van der Waals surface area contributed by atoms with Gasteiger partial charge >= 0.3 is 5.69 Å². The second-order valence-corrected chi connectivity index (χ2v) is 4.07. The number of aromatic nitrogens is 2. The van der Waals surface area contributed by atoms with E-state index in [-0.39, 0.29) is 0 Å². The van der Waals surface area contributed by atoms with Crippen LogP contribution in [0.5, 0.6) is 0 Å². The van der Waals surface area contributed by atoms with Crippen molar-refractivity contribution < 1.29 is 18.3 Å². The van der Waals surface area contributed by atoms with Gasteiger partial charge in [-0.2, -0.15) is 4.39 Å². The van der Waals surface area contributed by atoms with E-state index in [9.17, 15) is 23.2 Å². The molecule has 0 radical (unpaired) electrons. The van der Waals surface area contributed by atoms with Crippen molar-refractivity contribution in [3.05, 3.63) is 32.9 Å². The fraction of sp³-hybridized carbons (Fsp3) is 0.500. The largest absolute Gasteiger partial charge is 0.344 e. The van der Waals surface area contributed by atoms with Crippen LogP contribution in [0.3, 0.4) is 0 Å². The van der Waals surface area contributed by atoms with E-state index in [1.54, 1.807) is 4.98 Å². The zero-order valence-corrected chi connectivity index (χ0v) is 9.30. The SMILES string of the molecule is C[C@H]1[C@H](F)[C@H](n2cc(F)c(=O)[nH]c2=O)O[C@@H]1C=O. The average molecular weight is 260 g/mol. The number of carbonyl (C=O) groups excluding carboxylic acids is 1. The van der Waals surface area contributed by atoms with Crippen LogP contribution in [-0.2, 0) is 9.53 Å². The van der Waals surface area contributed by atoms with E-state index in [0.717, 1.165) is 0 Å². The summed E-state index contributed by atoms with van der Waals surface area (Å²) in [5.74, 6) is -1.98. The number of nitrogens with one attached hydrogen (secondary N) is 1. The van der Waals surface area contributed by atoms with E-state index < -0.39 is 41.5 Å². The highest BCUT2D eigenvalue weighted by atomic mass is 19.1. The predicted molar refractivity (Wildman–Crippen MR) is 55.3 cm³/mol. The summed E-state index contributed by atoms with van der Waals surface area (Å²) < 4.78 is 32.6. The summed E-state index contributed by atoms with van der Waals surface area (Å²) in [7, 11) is 0. The lowest BCUT2D eigenvalue weighted by atomic mass is 10.0. The van der Waals surface area contributed by atoms with Crippen molar-refractivity contribution in [2.24, 2.45) is 5.92 Å². The monoisotopic (exact) mass is 260 g/mol. The molecule has 1 aliphatic rings. The zero-order valence-electron chi connectivity index (χ0n) is 9.30. The van der Waals surface area contributed by atoms with Crippen molar-refractivity contribution in [1.82, 2.24) is 9.55 Å². The lowest BCUT2D eigenvalue weighted by Crippen LogP contribution is -2.36. The Bertz CT molecular complexity index is 582. The molecule has 1 aromatic rings. The first-order chi connectivity index (χ1) is 8.45. The minimum atomic E-state index is -1.65. The van der Waals surface area contributed by atoms with E-state index in [1.165, 1.54) is 6.92 Å². The quantitative estimate of drug-likeness (QED) is 0.743. The fourth-order valence-electron chi connectivity index (χ4n) is 1.83. The molecule has 2 rings (SSSR count). The number of aromatic amines is 1. The number of carbonyl (C=O) groups is 1. The summed E-state index contributed by atoms with van der Waals surface area (Å²) in [4.78, 5) is 34.6. The van der Waals surface area contributed by atoms with Crippen LogP contribution in [0.25, 0.3) is 0 Å². The van der Waals surface area contributed by atoms with E-state index in [0.29, 0.717) is 17.1 Å². The van der Waals surface area contributed by atoms with E-state index in [1.807, 2.05) is 0 Å². The van der Waals surface area contributed by atoms with Gasteiger partial charge in [-0.3, -0.25) is 14.3 Å². The number of hydrogen-bond acceptors (Lipinski definition) is 4. The number of ether oxygens (including phenoxy) is 1. The number of nitrogens with zero attached hydrogens (tertiary/aromatic N) is 1. The van der Waals surface area contributed by atoms with Gasteiger partial charge in [0.25, 0.3) is 5.56 Å². The highest BCUT2D eigenvalue weighted by Gasteiger charge is 2.43. The number of H-pyrrole nitrogens is 1. The van der Waals surface area contributed by atoms with Gasteiger partial charge in [0.05, 0.1) is 6.20 Å². The molecule has 2 heterocycles. The molecule has 0 amide bonds. The van der Waals surface area contributed by atoms with Crippen LogP contribution < -0.4 is 11.2 Å². The second-order valence-electron chi connectivity index (χ2n) is 4.07. The van der Waals surface area contributed by atoms with E-state index in [4.69, 9.17) is 4.74 Å². The summed E-state index contributed by atoms with van der Waals surface area (Å²) >= 11 is 0. The maximum Gasteiger partial charge on any atom is 0.330 e. The maximum atomic E-state index is 13.9. The summed E-state index contributed by atoms with van der Waals surface area (Å²) in [6.07, 6.45) is -3.09. The molecule has 0 bridgehead atoms. The predicted octanol–water partition coefficient (Wildman–Crippen LogP) is -0.254. The molecule has 0 aromatic carbocycles. The Kier molecular flexibility index (Phi) is 3.12. The molecular formula is C10H10F2N2O4. The molecule has 6 nitrogen and oxygen atoms in total. The summed E-state index contributed by atoms with van der Waals surface area (Å²) in [6, 6.07) is 0. The highest BCUT2D eigenvalue weighted by Crippen LogP contribution is 2.34. The number of hydrogen-bond donors (Lipinski definition) is 1. The van der Waals surface area contributed by atoms with Gasteiger partial charge in [0, 0.05) is 5.92 Å². The van der Waals surface area contributed by atoms with Crippen molar-refractivity contribution >= 4 is 6.29 Å². The molecule has 98 valence electrons. The molecule has 1 saturated heterocycles.